The summed E-state index contributed by atoms with van der Waals surface area (Å²) in [5, 5.41) is 5.18. The Labute approximate surface area is 154 Å². The molecule has 1 aliphatic heterocycles. The lowest BCUT2D eigenvalue weighted by Crippen LogP contribution is -2.19. The zero-order valence-corrected chi connectivity index (χ0v) is 15.5. The quantitative estimate of drug-likeness (QED) is 0.597. The number of rotatable bonds is 6. The van der Waals surface area contributed by atoms with Crippen molar-refractivity contribution >= 4 is 23.0 Å². The van der Waals surface area contributed by atoms with Crippen LogP contribution in [0.4, 0.5) is 5.69 Å². The fourth-order valence-electron chi connectivity index (χ4n) is 3.08. The van der Waals surface area contributed by atoms with Gasteiger partial charge in [0.2, 0.25) is 0 Å². The lowest BCUT2D eigenvalue weighted by Gasteiger charge is -2.18. The summed E-state index contributed by atoms with van der Waals surface area (Å²) in [5.41, 5.74) is 7.16. The predicted octanol–water partition coefficient (Wildman–Crippen LogP) is 4.78. The van der Waals surface area contributed by atoms with E-state index in [2.05, 4.69) is 21.5 Å². The van der Waals surface area contributed by atoms with Crippen LogP contribution in [-0.2, 0) is 6.54 Å². The molecule has 0 bridgehead atoms. The highest BCUT2D eigenvalue weighted by Gasteiger charge is 2.15. The highest BCUT2D eigenvalue weighted by molar-refractivity contribution is 6.30. The monoisotopic (exact) mass is 357 g/mol. The number of nitrogens with one attached hydrogen (secondary N) is 1. The molecule has 1 fully saturated rings. The van der Waals surface area contributed by atoms with Crippen LogP contribution in [0.15, 0.2) is 47.6 Å². The van der Waals surface area contributed by atoms with Gasteiger partial charge in [0.15, 0.2) is 0 Å². The molecule has 1 aliphatic rings. The summed E-state index contributed by atoms with van der Waals surface area (Å²) in [6.07, 6.45) is 2.57. The van der Waals surface area contributed by atoms with E-state index in [9.17, 15) is 0 Å². The van der Waals surface area contributed by atoms with Crippen molar-refractivity contribution in [3.8, 4) is 5.75 Å². The summed E-state index contributed by atoms with van der Waals surface area (Å²) in [6, 6.07) is 13.8. The van der Waals surface area contributed by atoms with Crippen molar-refractivity contribution in [1.29, 1.82) is 0 Å². The van der Waals surface area contributed by atoms with Gasteiger partial charge >= 0.3 is 0 Å². The van der Waals surface area contributed by atoms with Crippen molar-refractivity contribution in [3.63, 3.8) is 0 Å². The lowest BCUT2D eigenvalue weighted by atomic mass is 10.1. The Morgan fingerprint density at radius 3 is 2.72 bits per heavy atom. The Bertz CT molecular complexity index is 754. The van der Waals surface area contributed by atoms with E-state index in [1.165, 1.54) is 18.4 Å². The molecule has 0 aromatic heterocycles. The van der Waals surface area contributed by atoms with Gasteiger partial charge in [0.25, 0.3) is 0 Å². The van der Waals surface area contributed by atoms with Crippen molar-refractivity contribution in [2.75, 3.05) is 25.6 Å². The average Bonchev–Trinajstić information content (AvgIpc) is 3.13. The molecule has 0 spiro atoms. The van der Waals surface area contributed by atoms with Crippen LogP contribution < -0.4 is 10.2 Å². The van der Waals surface area contributed by atoms with Crippen LogP contribution >= 0.6 is 11.6 Å². The molecule has 3 rings (SSSR count). The molecule has 0 amide bonds. The topological polar surface area (TPSA) is 36.9 Å². The second-order valence-electron chi connectivity index (χ2n) is 6.33. The normalized spacial score (nSPS) is 15.4. The zero-order chi connectivity index (χ0) is 17.6. The molecule has 1 N–H and O–H groups in total. The van der Waals surface area contributed by atoms with E-state index in [0.717, 1.165) is 42.3 Å². The molecule has 0 radical (unpaired) electrons. The van der Waals surface area contributed by atoms with E-state index in [4.69, 9.17) is 16.3 Å². The van der Waals surface area contributed by atoms with Crippen LogP contribution in [0.5, 0.6) is 5.75 Å². The van der Waals surface area contributed by atoms with Crippen molar-refractivity contribution in [1.82, 2.24) is 4.90 Å². The van der Waals surface area contributed by atoms with Crippen LogP contribution in [0.1, 0.15) is 30.9 Å². The molecule has 2 aromatic rings. The predicted molar refractivity (Wildman–Crippen MR) is 105 cm³/mol. The minimum absolute atomic E-state index is 0.690. The third-order valence-electron chi connectivity index (χ3n) is 4.47. The fourth-order valence-corrected chi connectivity index (χ4v) is 3.27. The summed E-state index contributed by atoms with van der Waals surface area (Å²) in [4.78, 5) is 2.47. The van der Waals surface area contributed by atoms with Gasteiger partial charge in [-0.3, -0.25) is 10.3 Å². The molecule has 5 heteroatoms. The van der Waals surface area contributed by atoms with Crippen LogP contribution in [0, 0.1) is 0 Å². The number of nitrogens with zero attached hydrogens (tertiary/aromatic N) is 2. The van der Waals surface area contributed by atoms with E-state index < -0.39 is 0 Å². The maximum absolute atomic E-state index is 6.01. The van der Waals surface area contributed by atoms with Crippen LogP contribution in [0.25, 0.3) is 0 Å². The highest BCUT2D eigenvalue weighted by Crippen LogP contribution is 2.24. The minimum atomic E-state index is 0.690. The smallest absolute Gasteiger partial charge is 0.123 e. The molecule has 0 aliphatic carbocycles. The van der Waals surface area contributed by atoms with E-state index >= 15 is 0 Å². The number of hydrazone groups is 1. The molecule has 0 unspecified atom stereocenters. The van der Waals surface area contributed by atoms with Gasteiger partial charge in [0, 0.05) is 17.1 Å². The number of benzene rings is 2. The van der Waals surface area contributed by atoms with Crippen molar-refractivity contribution in [2.24, 2.45) is 5.10 Å². The van der Waals surface area contributed by atoms with E-state index in [-0.39, 0.29) is 0 Å². The third-order valence-corrected chi connectivity index (χ3v) is 4.70. The van der Waals surface area contributed by atoms with E-state index in [1.54, 1.807) is 7.11 Å². The number of halogens is 1. The van der Waals surface area contributed by atoms with Crippen molar-refractivity contribution < 1.29 is 4.74 Å². The highest BCUT2D eigenvalue weighted by atomic mass is 35.5. The SMILES string of the molecule is COc1ccc(/C(C)=N\Nc2cccc(Cl)c2)cc1CN1CCCC1. The number of methoxy groups -OCH3 is 1. The molecule has 0 atom stereocenters. The summed E-state index contributed by atoms with van der Waals surface area (Å²) in [7, 11) is 1.73. The third kappa shape index (κ3) is 4.74. The Balaban J connectivity index is 1.77. The number of anilines is 1. The van der Waals surface area contributed by atoms with Gasteiger partial charge in [-0.15, -0.1) is 0 Å². The standard InChI is InChI=1S/C20H24ClN3O/c1-15(22-23-19-7-5-6-18(21)13-19)16-8-9-20(25-2)17(12-16)14-24-10-3-4-11-24/h5-9,12-13,23H,3-4,10-11,14H2,1-2H3/b22-15-. The summed E-state index contributed by atoms with van der Waals surface area (Å²) in [5.74, 6) is 0.936. The summed E-state index contributed by atoms with van der Waals surface area (Å²) >= 11 is 6.01. The Morgan fingerprint density at radius 1 is 1.20 bits per heavy atom. The largest absolute Gasteiger partial charge is 0.496 e. The first-order valence-electron chi connectivity index (χ1n) is 8.61. The lowest BCUT2D eigenvalue weighted by molar-refractivity contribution is 0.321. The maximum atomic E-state index is 6.01. The molecular weight excluding hydrogens is 334 g/mol. The second-order valence-corrected chi connectivity index (χ2v) is 6.77. The molecule has 0 saturated carbocycles. The van der Waals surface area contributed by atoms with Gasteiger partial charge < -0.3 is 4.74 Å². The van der Waals surface area contributed by atoms with E-state index in [0.29, 0.717) is 5.02 Å². The van der Waals surface area contributed by atoms with Crippen LogP contribution in [-0.4, -0.2) is 30.8 Å². The Morgan fingerprint density at radius 2 is 2.00 bits per heavy atom. The molecule has 1 heterocycles. The Kier molecular flexibility index (Phi) is 5.95. The van der Waals surface area contributed by atoms with Gasteiger partial charge in [0.1, 0.15) is 5.75 Å². The number of hydrogen-bond donors (Lipinski definition) is 1. The van der Waals surface area contributed by atoms with Crippen LogP contribution in [0.2, 0.25) is 5.02 Å². The Hall–Kier alpha value is -2.04. The molecule has 4 nitrogen and oxygen atoms in total. The summed E-state index contributed by atoms with van der Waals surface area (Å²) in [6.45, 7) is 5.25. The molecule has 132 valence electrons. The molecule has 1 saturated heterocycles. The first-order chi connectivity index (χ1) is 12.2. The zero-order valence-electron chi connectivity index (χ0n) is 14.8. The van der Waals surface area contributed by atoms with Gasteiger partial charge in [-0.25, -0.2) is 0 Å². The van der Waals surface area contributed by atoms with Gasteiger partial charge in [-0.2, -0.15) is 5.10 Å². The number of likely N-dealkylation sites (tertiary alicyclic amines) is 1. The second kappa shape index (κ2) is 8.37. The number of ether oxygens (including phenoxy) is 1. The van der Waals surface area contributed by atoms with Gasteiger partial charge in [-0.1, -0.05) is 17.7 Å². The average molecular weight is 358 g/mol. The fraction of sp³-hybridized carbons (Fsp3) is 0.350. The molecule has 25 heavy (non-hydrogen) atoms. The first-order valence-corrected chi connectivity index (χ1v) is 8.99. The molecule has 2 aromatic carbocycles. The minimum Gasteiger partial charge on any atom is -0.496 e. The van der Waals surface area contributed by atoms with Gasteiger partial charge in [0.05, 0.1) is 18.5 Å². The maximum Gasteiger partial charge on any atom is 0.123 e. The number of hydrogen-bond acceptors (Lipinski definition) is 4. The van der Waals surface area contributed by atoms with Crippen LogP contribution in [0.3, 0.4) is 0 Å². The summed E-state index contributed by atoms with van der Waals surface area (Å²) < 4.78 is 5.54. The van der Waals surface area contributed by atoms with E-state index in [1.807, 2.05) is 43.3 Å². The molecular formula is C20H24ClN3O. The van der Waals surface area contributed by atoms with Gasteiger partial charge in [-0.05, 0) is 74.8 Å². The van der Waals surface area contributed by atoms with Crippen molar-refractivity contribution in [3.05, 3.63) is 58.6 Å². The first kappa shape index (κ1) is 17.8. The van der Waals surface area contributed by atoms with Crippen molar-refractivity contribution in [2.45, 2.75) is 26.3 Å².